The van der Waals surface area contributed by atoms with Gasteiger partial charge in [0.25, 0.3) is 0 Å². The summed E-state index contributed by atoms with van der Waals surface area (Å²) < 4.78 is 5.40. The van der Waals surface area contributed by atoms with E-state index in [-0.39, 0.29) is 5.76 Å². The molecule has 0 aliphatic carbocycles. The fourth-order valence-electron chi connectivity index (χ4n) is 1.24. The van der Waals surface area contributed by atoms with Crippen molar-refractivity contribution in [2.75, 3.05) is 6.61 Å². The zero-order valence-electron chi connectivity index (χ0n) is 8.62. The maximum absolute atomic E-state index is 9.03. The first-order chi connectivity index (χ1) is 7.06. The Kier molecular flexibility index (Phi) is 3.34. The van der Waals surface area contributed by atoms with E-state index in [1.165, 1.54) is 6.08 Å². The molecule has 78 valence electrons. The second kappa shape index (κ2) is 4.51. The van der Waals surface area contributed by atoms with Gasteiger partial charge in [-0.05, 0) is 11.1 Å². The molecule has 15 heavy (non-hydrogen) atoms. The molecule has 1 rings (SSSR count). The fourth-order valence-corrected chi connectivity index (χ4v) is 1.24. The number of hydrogen-bond donors (Lipinski definition) is 1. The molecule has 0 saturated carbocycles. The first kappa shape index (κ1) is 11.1. The predicted molar refractivity (Wildman–Crippen MR) is 62.4 cm³/mol. The van der Waals surface area contributed by atoms with Gasteiger partial charge in [0.05, 0.1) is 0 Å². The summed E-state index contributed by atoms with van der Waals surface area (Å²) in [5, 5.41) is 9.03. The largest absolute Gasteiger partial charge is 0.508 e. The van der Waals surface area contributed by atoms with Gasteiger partial charge in [-0.25, -0.2) is 0 Å². The molecule has 1 saturated heterocycles. The monoisotopic (exact) mass is 202 g/mol. The molecule has 0 radical (unpaired) electrons. The van der Waals surface area contributed by atoms with E-state index in [0.717, 1.165) is 11.1 Å². The van der Waals surface area contributed by atoms with Crippen LogP contribution in [0, 0.1) is 0 Å². The number of ether oxygens (including phenoxy) is 1. The van der Waals surface area contributed by atoms with E-state index in [1.54, 1.807) is 6.08 Å². The molecule has 0 aromatic heterocycles. The van der Waals surface area contributed by atoms with Crippen LogP contribution in [0.25, 0.3) is 0 Å². The smallest absolute Gasteiger partial charge is 0.130 e. The maximum Gasteiger partial charge on any atom is 0.130 e. The van der Waals surface area contributed by atoms with Crippen LogP contribution in [0.15, 0.2) is 72.8 Å². The lowest BCUT2D eigenvalue weighted by molar-refractivity contribution is 0.239. The van der Waals surface area contributed by atoms with Gasteiger partial charge < -0.3 is 9.84 Å². The Bertz CT molecular complexity index is 395. The van der Waals surface area contributed by atoms with Gasteiger partial charge >= 0.3 is 0 Å². The lowest BCUT2D eigenvalue weighted by Crippen LogP contribution is -2.11. The molecule has 1 aliphatic heterocycles. The van der Waals surface area contributed by atoms with Gasteiger partial charge in [-0.15, -0.1) is 0 Å². The van der Waals surface area contributed by atoms with Crippen LogP contribution in [0.1, 0.15) is 0 Å². The molecular formula is C13H14O2. The first-order valence-corrected chi connectivity index (χ1v) is 4.49. The van der Waals surface area contributed by atoms with Gasteiger partial charge in [-0.2, -0.15) is 0 Å². The number of rotatable bonds is 2. The van der Waals surface area contributed by atoms with Gasteiger partial charge in [0.15, 0.2) is 0 Å². The molecule has 0 amide bonds. The highest BCUT2D eigenvalue weighted by Gasteiger charge is 2.18. The minimum absolute atomic E-state index is 0.0601. The van der Waals surface area contributed by atoms with Crippen LogP contribution in [0.2, 0.25) is 0 Å². The molecule has 2 nitrogen and oxygen atoms in total. The summed E-state index contributed by atoms with van der Waals surface area (Å²) in [6, 6.07) is 0. The molecule has 1 heterocycles. The molecule has 0 aromatic rings. The highest BCUT2D eigenvalue weighted by atomic mass is 16.5. The average Bonchev–Trinajstić information content (AvgIpc) is 2.17. The second-order valence-corrected chi connectivity index (χ2v) is 3.17. The molecule has 0 aromatic carbocycles. The molecule has 0 unspecified atom stereocenters. The van der Waals surface area contributed by atoms with Crippen LogP contribution in [-0.4, -0.2) is 11.7 Å². The van der Waals surface area contributed by atoms with Crippen LogP contribution in [0.5, 0.6) is 0 Å². The van der Waals surface area contributed by atoms with Gasteiger partial charge in [-0.3, -0.25) is 0 Å². The highest BCUT2D eigenvalue weighted by Crippen LogP contribution is 2.30. The third-order valence-electron chi connectivity index (χ3n) is 2.05. The third-order valence-corrected chi connectivity index (χ3v) is 2.05. The van der Waals surface area contributed by atoms with E-state index < -0.39 is 0 Å². The van der Waals surface area contributed by atoms with Crippen molar-refractivity contribution in [2.45, 2.75) is 0 Å². The van der Waals surface area contributed by atoms with Crippen LogP contribution in [0.4, 0.5) is 0 Å². The van der Waals surface area contributed by atoms with Crippen LogP contribution >= 0.6 is 0 Å². The molecule has 0 atom stereocenters. The number of aliphatic hydroxyl groups excluding tert-OH is 1. The average molecular weight is 202 g/mol. The van der Waals surface area contributed by atoms with Crippen molar-refractivity contribution < 1.29 is 9.84 Å². The Morgan fingerprint density at radius 2 is 2.00 bits per heavy atom. The quantitative estimate of drug-likeness (QED) is 0.697. The number of aliphatic hydroxyl groups is 1. The summed E-state index contributed by atoms with van der Waals surface area (Å²) in [6.07, 6.45) is 4.94. The second-order valence-electron chi connectivity index (χ2n) is 3.17. The lowest BCUT2D eigenvalue weighted by Gasteiger charge is -2.23. The Labute approximate surface area is 89.9 Å². The fraction of sp³-hybridized carbons (Fsp3) is 0.0769. The molecule has 0 bridgehead atoms. The lowest BCUT2D eigenvalue weighted by atomic mass is 9.96. The summed E-state index contributed by atoms with van der Waals surface area (Å²) >= 11 is 0. The van der Waals surface area contributed by atoms with Gasteiger partial charge in [-0.1, -0.05) is 38.5 Å². The minimum atomic E-state index is -0.0601. The van der Waals surface area contributed by atoms with Crippen molar-refractivity contribution in [3.8, 4) is 0 Å². The van der Waals surface area contributed by atoms with Crippen molar-refractivity contribution in [3.05, 3.63) is 72.8 Å². The van der Waals surface area contributed by atoms with Crippen LogP contribution in [-0.2, 0) is 4.74 Å². The normalized spacial score (nSPS) is 21.6. The maximum atomic E-state index is 9.03. The van der Waals surface area contributed by atoms with Crippen molar-refractivity contribution in [1.82, 2.24) is 0 Å². The summed E-state index contributed by atoms with van der Waals surface area (Å²) in [6.45, 7) is 15.1. The van der Waals surface area contributed by atoms with Crippen molar-refractivity contribution in [1.29, 1.82) is 0 Å². The third kappa shape index (κ3) is 2.50. The summed E-state index contributed by atoms with van der Waals surface area (Å²) in [5.41, 5.74) is 2.40. The summed E-state index contributed by atoms with van der Waals surface area (Å²) in [4.78, 5) is 0. The number of hydrogen-bond acceptors (Lipinski definition) is 2. The standard InChI is InChI=1S/C13H14O2/c1-5-6-12-8-15-13(7-9(2)14)11(4)10(12)3/h5-7,14H,1-4,8H2/b12-6-,13-7+. The topological polar surface area (TPSA) is 29.5 Å². The highest BCUT2D eigenvalue weighted by molar-refractivity contribution is 5.55. The summed E-state index contributed by atoms with van der Waals surface area (Å²) in [5.74, 6) is 0.448. The Morgan fingerprint density at radius 1 is 1.33 bits per heavy atom. The number of allylic oxidation sites excluding steroid dienone is 4. The van der Waals surface area contributed by atoms with Crippen molar-refractivity contribution in [3.63, 3.8) is 0 Å². The van der Waals surface area contributed by atoms with Crippen molar-refractivity contribution in [2.24, 2.45) is 0 Å². The molecular weight excluding hydrogens is 188 g/mol. The van der Waals surface area contributed by atoms with Crippen molar-refractivity contribution >= 4 is 0 Å². The van der Waals surface area contributed by atoms with Gasteiger partial charge in [0.2, 0.25) is 0 Å². The Morgan fingerprint density at radius 3 is 2.53 bits per heavy atom. The Balaban J connectivity index is 2.97. The predicted octanol–water partition coefficient (Wildman–Crippen LogP) is 3.20. The molecule has 1 aliphatic rings. The molecule has 1 N–H and O–H groups in total. The SMILES string of the molecule is C=C/C=C1/CO/C(=C/C(=C)O)C(=C)C1=C. The molecule has 1 fully saturated rings. The van der Waals surface area contributed by atoms with Crippen LogP contribution < -0.4 is 0 Å². The first-order valence-electron chi connectivity index (χ1n) is 4.49. The van der Waals surface area contributed by atoms with E-state index in [1.807, 2.05) is 6.08 Å². The van der Waals surface area contributed by atoms with Gasteiger partial charge in [0.1, 0.15) is 18.1 Å². The zero-order chi connectivity index (χ0) is 11.4. The van der Waals surface area contributed by atoms with Crippen LogP contribution in [0.3, 0.4) is 0 Å². The van der Waals surface area contributed by atoms with E-state index in [4.69, 9.17) is 9.84 Å². The van der Waals surface area contributed by atoms with E-state index in [2.05, 4.69) is 26.3 Å². The Hall–Kier alpha value is -1.96. The van der Waals surface area contributed by atoms with E-state index in [0.29, 0.717) is 17.9 Å². The summed E-state index contributed by atoms with van der Waals surface area (Å²) in [7, 11) is 0. The minimum Gasteiger partial charge on any atom is -0.508 e. The zero-order valence-corrected chi connectivity index (χ0v) is 8.62. The molecule has 0 spiro atoms. The van der Waals surface area contributed by atoms with Gasteiger partial charge in [0, 0.05) is 11.6 Å². The van der Waals surface area contributed by atoms with E-state index in [9.17, 15) is 0 Å². The molecule has 2 heteroatoms. The van der Waals surface area contributed by atoms with E-state index >= 15 is 0 Å².